The summed E-state index contributed by atoms with van der Waals surface area (Å²) in [5, 5.41) is 9.24. The molecule has 2 aliphatic rings. The molecule has 1 atom stereocenters. The molecule has 2 saturated heterocycles. The Bertz CT molecular complexity index is 422. The molecule has 2 fully saturated rings. The number of hydrogen-bond acceptors (Lipinski definition) is 4. The first-order valence-electron chi connectivity index (χ1n) is 7.53. The van der Waals surface area contributed by atoms with Crippen LogP contribution in [0.15, 0.2) is 0 Å². The Labute approximate surface area is 126 Å². The third kappa shape index (κ3) is 3.67. The van der Waals surface area contributed by atoms with Crippen LogP contribution in [-0.2, 0) is 9.53 Å². The van der Waals surface area contributed by atoms with Gasteiger partial charge in [0.25, 0.3) is 0 Å². The highest BCUT2D eigenvalue weighted by molar-refractivity contribution is 5.74. The van der Waals surface area contributed by atoms with Gasteiger partial charge in [-0.2, -0.15) is 0 Å². The number of rotatable bonds is 1. The van der Waals surface area contributed by atoms with Crippen molar-refractivity contribution in [3.05, 3.63) is 0 Å². The molecule has 21 heavy (non-hydrogen) atoms. The Kier molecular flexibility index (Phi) is 4.19. The van der Waals surface area contributed by atoms with Crippen molar-refractivity contribution in [2.45, 2.75) is 51.7 Å². The Morgan fingerprint density at radius 1 is 1.24 bits per heavy atom. The second-order valence-electron chi connectivity index (χ2n) is 7.44. The molecule has 0 saturated carbocycles. The standard InChI is InChI=1S/C15H26N2O4/c1-14(2,3)21-13(20)17-7-5-15(6-8-17)9-11(12(18)19)16(4)10-15/h11H,5-10H2,1-4H3,(H,18,19). The second kappa shape index (κ2) is 5.48. The van der Waals surface area contributed by atoms with Gasteiger partial charge in [-0.05, 0) is 52.5 Å². The van der Waals surface area contributed by atoms with Crippen LogP contribution in [-0.4, -0.2) is 65.3 Å². The van der Waals surface area contributed by atoms with Gasteiger partial charge in [-0.3, -0.25) is 9.69 Å². The van der Waals surface area contributed by atoms with Crippen LogP contribution in [0.2, 0.25) is 0 Å². The Balaban J connectivity index is 1.92. The monoisotopic (exact) mass is 298 g/mol. The number of ether oxygens (including phenoxy) is 1. The summed E-state index contributed by atoms with van der Waals surface area (Å²) in [7, 11) is 1.87. The van der Waals surface area contributed by atoms with Gasteiger partial charge < -0.3 is 14.7 Å². The number of aliphatic carboxylic acids is 1. The number of carboxylic acids is 1. The van der Waals surface area contributed by atoms with Gasteiger partial charge in [0.1, 0.15) is 11.6 Å². The highest BCUT2D eigenvalue weighted by atomic mass is 16.6. The largest absolute Gasteiger partial charge is 0.480 e. The lowest BCUT2D eigenvalue weighted by Gasteiger charge is -2.39. The van der Waals surface area contributed by atoms with Crippen molar-refractivity contribution in [3.8, 4) is 0 Å². The number of nitrogens with zero attached hydrogens (tertiary/aromatic N) is 2. The molecule has 6 heteroatoms. The Morgan fingerprint density at radius 2 is 1.81 bits per heavy atom. The SMILES string of the molecule is CN1CC2(CCN(C(=O)OC(C)(C)C)CC2)CC1C(=O)O. The smallest absolute Gasteiger partial charge is 0.410 e. The summed E-state index contributed by atoms with van der Waals surface area (Å²) < 4.78 is 5.39. The van der Waals surface area contributed by atoms with E-state index in [1.54, 1.807) is 4.90 Å². The third-order valence-electron chi connectivity index (χ3n) is 4.50. The van der Waals surface area contributed by atoms with Crippen molar-refractivity contribution in [2.75, 3.05) is 26.7 Å². The van der Waals surface area contributed by atoms with Crippen LogP contribution in [0, 0.1) is 5.41 Å². The van der Waals surface area contributed by atoms with Gasteiger partial charge in [0.05, 0.1) is 0 Å². The van der Waals surface area contributed by atoms with Gasteiger partial charge in [-0.1, -0.05) is 0 Å². The van der Waals surface area contributed by atoms with Gasteiger partial charge >= 0.3 is 12.1 Å². The minimum Gasteiger partial charge on any atom is -0.480 e. The minimum atomic E-state index is -0.746. The van der Waals surface area contributed by atoms with Crippen molar-refractivity contribution in [1.29, 1.82) is 0 Å². The quantitative estimate of drug-likeness (QED) is 0.799. The highest BCUT2D eigenvalue weighted by Crippen LogP contribution is 2.42. The molecule has 0 aromatic carbocycles. The van der Waals surface area contributed by atoms with Crippen molar-refractivity contribution in [2.24, 2.45) is 5.41 Å². The molecule has 1 spiro atoms. The fraction of sp³-hybridized carbons (Fsp3) is 0.867. The fourth-order valence-electron chi connectivity index (χ4n) is 3.40. The van der Waals surface area contributed by atoms with E-state index in [-0.39, 0.29) is 11.5 Å². The zero-order valence-electron chi connectivity index (χ0n) is 13.4. The predicted molar refractivity (Wildman–Crippen MR) is 78.1 cm³/mol. The number of carboxylic acid groups (broad SMARTS) is 1. The number of amides is 1. The molecule has 0 radical (unpaired) electrons. The first kappa shape index (κ1) is 16.1. The Morgan fingerprint density at radius 3 is 2.24 bits per heavy atom. The molecular weight excluding hydrogens is 272 g/mol. The first-order chi connectivity index (χ1) is 9.62. The van der Waals surface area contributed by atoms with E-state index < -0.39 is 17.6 Å². The van der Waals surface area contributed by atoms with E-state index in [1.165, 1.54) is 0 Å². The summed E-state index contributed by atoms with van der Waals surface area (Å²) in [5.74, 6) is -0.746. The van der Waals surface area contributed by atoms with E-state index in [4.69, 9.17) is 4.74 Å². The van der Waals surface area contributed by atoms with Crippen LogP contribution in [0.25, 0.3) is 0 Å². The van der Waals surface area contributed by atoms with Gasteiger partial charge in [-0.15, -0.1) is 0 Å². The zero-order valence-corrected chi connectivity index (χ0v) is 13.4. The van der Waals surface area contributed by atoms with Gasteiger partial charge in [0.15, 0.2) is 0 Å². The molecular formula is C15H26N2O4. The fourth-order valence-corrected chi connectivity index (χ4v) is 3.40. The molecule has 120 valence electrons. The van der Waals surface area contributed by atoms with Crippen LogP contribution < -0.4 is 0 Å². The average molecular weight is 298 g/mol. The summed E-state index contributed by atoms with van der Waals surface area (Å²) in [5.41, 5.74) is -0.440. The Hall–Kier alpha value is -1.30. The molecule has 2 rings (SSSR count). The normalized spacial score (nSPS) is 26.1. The maximum absolute atomic E-state index is 12.1. The van der Waals surface area contributed by atoms with E-state index >= 15 is 0 Å². The van der Waals surface area contributed by atoms with E-state index in [1.807, 2.05) is 32.7 Å². The number of hydrogen-bond donors (Lipinski definition) is 1. The van der Waals surface area contributed by atoms with E-state index in [9.17, 15) is 14.7 Å². The number of carbonyl (C=O) groups excluding carboxylic acids is 1. The van der Waals surface area contributed by atoms with Crippen molar-refractivity contribution in [1.82, 2.24) is 9.80 Å². The maximum atomic E-state index is 12.1. The summed E-state index contributed by atoms with van der Waals surface area (Å²) in [6.07, 6.45) is 2.11. The van der Waals surface area contributed by atoms with Crippen LogP contribution >= 0.6 is 0 Å². The summed E-state index contributed by atoms with van der Waals surface area (Å²) in [6, 6.07) is -0.391. The number of carbonyl (C=O) groups is 2. The zero-order chi connectivity index (χ0) is 15.8. The summed E-state index contributed by atoms with van der Waals surface area (Å²) in [4.78, 5) is 27.0. The van der Waals surface area contributed by atoms with Crippen LogP contribution in [0.5, 0.6) is 0 Å². The van der Waals surface area contributed by atoms with Crippen molar-refractivity contribution >= 4 is 12.1 Å². The van der Waals surface area contributed by atoms with Crippen LogP contribution in [0.4, 0.5) is 4.79 Å². The van der Waals surface area contributed by atoms with Crippen LogP contribution in [0.1, 0.15) is 40.0 Å². The second-order valence-corrected chi connectivity index (χ2v) is 7.44. The predicted octanol–water partition coefficient (Wildman–Crippen LogP) is 1.79. The van der Waals surface area contributed by atoms with E-state index in [0.29, 0.717) is 19.5 Å². The third-order valence-corrected chi connectivity index (χ3v) is 4.50. The molecule has 0 bridgehead atoms. The molecule has 2 heterocycles. The minimum absolute atomic E-state index is 0.0380. The lowest BCUT2D eigenvalue weighted by Crippen LogP contribution is -2.45. The maximum Gasteiger partial charge on any atom is 0.410 e. The highest BCUT2D eigenvalue weighted by Gasteiger charge is 2.47. The summed E-state index contributed by atoms with van der Waals surface area (Å²) in [6.45, 7) is 7.68. The van der Waals surface area contributed by atoms with E-state index in [0.717, 1.165) is 19.4 Å². The number of piperidine rings is 1. The molecule has 0 aliphatic carbocycles. The van der Waals surface area contributed by atoms with E-state index in [2.05, 4.69) is 0 Å². The molecule has 0 aromatic rings. The topological polar surface area (TPSA) is 70.1 Å². The van der Waals surface area contributed by atoms with Crippen molar-refractivity contribution < 1.29 is 19.4 Å². The average Bonchev–Trinajstić information content (AvgIpc) is 2.65. The number of likely N-dealkylation sites (N-methyl/N-ethyl adjacent to an activating group) is 1. The van der Waals surface area contributed by atoms with Crippen LogP contribution in [0.3, 0.4) is 0 Å². The van der Waals surface area contributed by atoms with Gasteiger partial charge in [0.2, 0.25) is 0 Å². The lowest BCUT2D eigenvalue weighted by molar-refractivity contribution is -0.141. The summed E-state index contributed by atoms with van der Waals surface area (Å²) >= 11 is 0. The molecule has 0 aromatic heterocycles. The molecule has 1 amide bonds. The first-order valence-corrected chi connectivity index (χ1v) is 7.53. The molecule has 6 nitrogen and oxygen atoms in total. The molecule has 1 N–H and O–H groups in total. The van der Waals surface area contributed by atoms with Gasteiger partial charge in [-0.25, -0.2) is 4.79 Å². The van der Waals surface area contributed by atoms with Crippen molar-refractivity contribution in [3.63, 3.8) is 0 Å². The van der Waals surface area contributed by atoms with Gasteiger partial charge in [0, 0.05) is 19.6 Å². The molecule has 2 aliphatic heterocycles. The number of likely N-dealkylation sites (tertiary alicyclic amines) is 2. The lowest BCUT2D eigenvalue weighted by atomic mass is 9.76. The molecule has 1 unspecified atom stereocenters.